The molecule has 4 nitrogen and oxygen atoms in total. The number of pyridine rings is 1. The smallest absolute Gasteiger partial charge is 0.253 e. The van der Waals surface area contributed by atoms with Crippen LogP contribution in [0.4, 0.5) is 5.82 Å². The predicted molar refractivity (Wildman–Crippen MR) is 73.6 cm³/mol. The van der Waals surface area contributed by atoms with Gasteiger partial charge in [0.25, 0.3) is 5.91 Å². The van der Waals surface area contributed by atoms with E-state index in [4.69, 9.17) is 5.73 Å². The van der Waals surface area contributed by atoms with Crippen LogP contribution in [0.5, 0.6) is 0 Å². The largest absolute Gasteiger partial charge is 0.384 e. The number of amides is 1. The van der Waals surface area contributed by atoms with Crippen molar-refractivity contribution in [2.24, 2.45) is 0 Å². The number of anilines is 1. The molecule has 2 rings (SSSR count). The van der Waals surface area contributed by atoms with Crippen LogP contribution in [0.1, 0.15) is 15.2 Å². The number of hydrogen-bond donors (Lipinski definition) is 1. The van der Waals surface area contributed by atoms with E-state index in [0.29, 0.717) is 17.9 Å². The summed E-state index contributed by atoms with van der Waals surface area (Å²) in [5.41, 5.74) is 6.15. The van der Waals surface area contributed by atoms with Crippen LogP contribution in [0.25, 0.3) is 0 Å². The monoisotopic (exact) mass is 261 g/mol. The zero-order chi connectivity index (χ0) is 13.0. The number of carbonyl (C=O) groups is 1. The summed E-state index contributed by atoms with van der Waals surface area (Å²) in [4.78, 5) is 19.0. The average molecular weight is 261 g/mol. The van der Waals surface area contributed by atoms with Crippen LogP contribution in [-0.4, -0.2) is 29.4 Å². The molecule has 5 heteroatoms. The highest BCUT2D eigenvalue weighted by atomic mass is 32.1. The third-order valence-corrected chi connectivity index (χ3v) is 3.58. The molecule has 0 saturated carbocycles. The lowest BCUT2D eigenvalue weighted by Gasteiger charge is -2.16. The van der Waals surface area contributed by atoms with E-state index in [9.17, 15) is 4.79 Å². The van der Waals surface area contributed by atoms with Gasteiger partial charge in [0, 0.05) is 30.2 Å². The van der Waals surface area contributed by atoms with Crippen molar-refractivity contribution in [3.8, 4) is 0 Å². The lowest BCUT2D eigenvalue weighted by Crippen LogP contribution is -2.28. The Hall–Kier alpha value is -1.88. The van der Waals surface area contributed by atoms with E-state index in [1.807, 2.05) is 11.4 Å². The van der Waals surface area contributed by atoms with Gasteiger partial charge in [0.1, 0.15) is 5.82 Å². The summed E-state index contributed by atoms with van der Waals surface area (Å²) in [5.74, 6) is 0.341. The highest BCUT2D eigenvalue weighted by molar-refractivity contribution is 7.09. The van der Waals surface area contributed by atoms with Crippen LogP contribution >= 0.6 is 11.3 Å². The predicted octanol–water partition coefficient (Wildman–Crippen LogP) is 2.04. The first-order valence-electron chi connectivity index (χ1n) is 5.66. The Morgan fingerprint density at radius 3 is 3.00 bits per heavy atom. The topological polar surface area (TPSA) is 59.2 Å². The molecule has 0 spiro atoms. The minimum atomic E-state index is -0.0272. The second kappa shape index (κ2) is 5.64. The molecule has 2 heterocycles. The average Bonchev–Trinajstić information content (AvgIpc) is 2.88. The summed E-state index contributed by atoms with van der Waals surface area (Å²) in [6.45, 7) is 0.696. The van der Waals surface area contributed by atoms with Crippen molar-refractivity contribution in [3.63, 3.8) is 0 Å². The highest BCUT2D eigenvalue weighted by Crippen LogP contribution is 2.11. The maximum atomic E-state index is 12.1. The maximum absolute atomic E-state index is 12.1. The Morgan fingerprint density at radius 2 is 2.33 bits per heavy atom. The second-order valence-corrected chi connectivity index (χ2v) is 5.06. The van der Waals surface area contributed by atoms with E-state index in [0.717, 1.165) is 6.42 Å². The van der Waals surface area contributed by atoms with Crippen molar-refractivity contribution in [1.82, 2.24) is 9.88 Å². The lowest BCUT2D eigenvalue weighted by atomic mass is 10.2. The third kappa shape index (κ3) is 3.07. The number of rotatable bonds is 4. The standard InChI is InChI=1S/C13H15N3OS/c1-16(7-5-11-3-2-8-18-11)13(17)10-4-6-15-12(14)9-10/h2-4,6,8-9H,5,7H2,1H3,(H2,14,15). The lowest BCUT2D eigenvalue weighted by molar-refractivity contribution is 0.0797. The van der Waals surface area contributed by atoms with Gasteiger partial charge >= 0.3 is 0 Å². The van der Waals surface area contributed by atoms with E-state index in [2.05, 4.69) is 11.1 Å². The Balaban J connectivity index is 1.96. The van der Waals surface area contributed by atoms with Crippen molar-refractivity contribution in [1.29, 1.82) is 0 Å². The first-order chi connectivity index (χ1) is 8.66. The molecule has 18 heavy (non-hydrogen) atoms. The number of carbonyl (C=O) groups excluding carboxylic acids is 1. The molecule has 0 aliphatic carbocycles. The fourth-order valence-electron chi connectivity index (χ4n) is 1.64. The zero-order valence-corrected chi connectivity index (χ0v) is 11.0. The van der Waals surface area contributed by atoms with Crippen LogP contribution < -0.4 is 5.73 Å². The minimum absolute atomic E-state index is 0.0272. The summed E-state index contributed by atoms with van der Waals surface area (Å²) in [6, 6.07) is 7.38. The summed E-state index contributed by atoms with van der Waals surface area (Å²) in [5, 5.41) is 2.04. The van der Waals surface area contributed by atoms with Crippen LogP contribution in [0.15, 0.2) is 35.8 Å². The van der Waals surface area contributed by atoms with Crippen molar-refractivity contribution in [2.75, 3.05) is 19.3 Å². The summed E-state index contributed by atoms with van der Waals surface area (Å²) < 4.78 is 0. The van der Waals surface area contributed by atoms with Gasteiger partial charge in [-0.2, -0.15) is 0 Å². The molecule has 0 aliphatic heterocycles. The Morgan fingerprint density at radius 1 is 1.50 bits per heavy atom. The molecule has 1 amide bonds. The van der Waals surface area contributed by atoms with Crippen LogP contribution in [-0.2, 0) is 6.42 Å². The van der Waals surface area contributed by atoms with E-state index >= 15 is 0 Å². The third-order valence-electron chi connectivity index (χ3n) is 2.65. The Kier molecular flexibility index (Phi) is 3.94. The Bertz CT molecular complexity index is 525. The van der Waals surface area contributed by atoms with Gasteiger partial charge in [0.05, 0.1) is 0 Å². The van der Waals surface area contributed by atoms with Crippen LogP contribution in [0.3, 0.4) is 0 Å². The van der Waals surface area contributed by atoms with Gasteiger partial charge in [-0.05, 0) is 30.0 Å². The molecule has 0 saturated heterocycles. The molecule has 0 radical (unpaired) electrons. The van der Waals surface area contributed by atoms with Gasteiger partial charge in [0.15, 0.2) is 0 Å². The molecule has 94 valence electrons. The first-order valence-corrected chi connectivity index (χ1v) is 6.54. The quantitative estimate of drug-likeness (QED) is 0.916. The van der Waals surface area contributed by atoms with E-state index in [1.54, 1.807) is 41.6 Å². The molecule has 0 unspecified atom stereocenters. The number of likely N-dealkylation sites (N-methyl/N-ethyl adjacent to an activating group) is 1. The number of thiophene rings is 1. The van der Waals surface area contributed by atoms with Gasteiger partial charge in [-0.15, -0.1) is 11.3 Å². The molecule has 2 N–H and O–H groups in total. The second-order valence-electron chi connectivity index (χ2n) is 4.03. The van der Waals surface area contributed by atoms with Gasteiger partial charge in [-0.3, -0.25) is 4.79 Å². The molecule has 2 aromatic rings. The number of nitrogen functional groups attached to an aromatic ring is 1. The van der Waals surface area contributed by atoms with Gasteiger partial charge < -0.3 is 10.6 Å². The normalized spacial score (nSPS) is 10.3. The summed E-state index contributed by atoms with van der Waals surface area (Å²) in [7, 11) is 1.80. The van der Waals surface area contributed by atoms with Crippen molar-refractivity contribution in [3.05, 3.63) is 46.3 Å². The fraction of sp³-hybridized carbons (Fsp3) is 0.231. The molecule has 0 aliphatic rings. The minimum Gasteiger partial charge on any atom is -0.384 e. The van der Waals surface area contributed by atoms with Crippen LogP contribution in [0, 0.1) is 0 Å². The highest BCUT2D eigenvalue weighted by Gasteiger charge is 2.11. The number of hydrogen-bond acceptors (Lipinski definition) is 4. The van der Waals surface area contributed by atoms with Gasteiger partial charge in [-0.1, -0.05) is 6.07 Å². The maximum Gasteiger partial charge on any atom is 0.253 e. The van der Waals surface area contributed by atoms with E-state index in [-0.39, 0.29) is 5.91 Å². The van der Waals surface area contributed by atoms with Gasteiger partial charge in [0.2, 0.25) is 0 Å². The first kappa shape index (κ1) is 12.6. The fourth-order valence-corrected chi connectivity index (χ4v) is 2.33. The molecular weight excluding hydrogens is 246 g/mol. The molecule has 2 aromatic heterocycles. The Labute approximate surface area is 110 Å². The molecule has 0 atom stereocenters. The van der Waals surface area contributed by atoms with Crippen LogP contribution in [0.2, 0.25) is 0 Å². The number of aromatic nitrogens is 1. The SMILES string of the molecule is CN(CCc1cccs1)C(=O)c1ccnc(N)c1. The number of nitrogens with two attached hydrogens (primary N) is 1. The molecular formula is C13H15N3OS. The van der Waals surface area contributed by atoms with Crippen molar-refractivity contribution in [2.45, 2.75) is 6.42 Å². The summed E-state index contributed by atoms with van der Waals surface area (Å²) in [6.07, 6.45) is 2.43. The van der Waals surface area contributed by atoms with E-state index < -0.39 is 0 Å². The van der Waals surface area contributed by atoms with Crippen molar-refractivity contribution >= 4 is 23.1 Å². The molecule has 0 fully saturated rings. The number of nitrogens with zero attached hydrogens (tertiary/aromatic N) is 2. The molecule has 0 bridgehead atoms. The van der Waals surface area contributed by atoms with E-state index in [1.165, 1.54) is 4.88 Å². The zero-order valence-electron chi connectivity index (χ0n) is 10.2. The summed E-state index contributed by atoms with van der Waals surface area (Å²) >= 11 is 1.71. The molecule has 0 aromatic carbocycles. The van der Waals surface area contributed by atoms with Gasteiger partial charge in [-0.25, -0.2) is 4.98 Å². The van der Waals surface area contributed by atoms with Crippen molar-refractivity contribution < 1.29 is 4.79 Å².